The third-order valence-corrected chi connectivity index (χ3v) is 3.42. The van der Waals surface area contributed by atoms with Crippen molar-refractivity contribution in [3.05, 3.63) is 35.4 Å². The molecule has 0 amide bonds. The Morgan fingerprint density at radius 2 is 1.82 bits per heavy atom. The number of alkyl halides is 1. The van der Waals surface area contributed by atoms with Crippen molar-refractivity contribution in [1.82, 2.24) is 0 Å². The molecule has 1 aromatic carbocycles. The summed E-state index contributed by atoms with van der Waals surface area (Å²) in [6.45, 7) is 7.46. The molecule has 0 spiro atoms. The molecule has 0 saturated heterocycles. The Balaban J connectivity index is 2.40. The molecule has 0 aliphatic rings. The summed E-state index contributed by atoms with van der Waals surface area (Å²) < 4.78 is 5.92. The highest BCUT2D eigenvalue weighted by molar-refractivity contribution is 9.09. The van der Waals surface area contributed by atoms with Crippen LogP contribution in [0, 0.1) is 12.8 Å². The topological polar surface area (TPSA) is 9.23 Å². The molecule has 0 aromatic heterocycles. The minimum absolute atomic E-state index is 0.183. The third-order valence-electron chi connectivity index (χ3n) is 2.83. The standard InChI is InChI=1S/C15H23BrO/c1-12(2)5-4-10-17-15(11-16)14-8-6-13(3)7-9-14/h6-9,12,15H,4-5,10-11H2,1-3H3. The lowest BCUT2D eigenvalue weighted by atomic mass is 10.1. The number of rotatable bonds is 7. The molecule has 1 rings (SSSR count). The molecule has 17 heavy (non-hydrogen) atoms. The van der Waals surface area contributed by atoms with Gasteiger partial charge in [0.15, 0.2) is 0 Å². The van der Waals surface area contributed by atoms with Crippen LogP contribution in [0.3, 0.4) is 0 Å². The van der Waals surface area contributed by atoms with Crippen molar-refractivity contribution in [2.45, 2.75) is 39.7 Å². The third kappa shape index (κ3) is 5.69. The van der Waals surface area contributed by atoms with Gasteiger partial charge in [0, 0.05) is 11.9 Å². The lowest BCUT2D eigenvalue weighted by molar-refractivity contribution is 0.0655. The highest BCUT2D eigenvalue weighted by atomic mass is 79.9. The van der Waals surface area contributed by atoms with Gasteiger partial charge < -0.3 is 4.74 Å². The van der Waals surface area contributed by atoms with Gasteiger partial charge in [-0.2, -0.15) is 0 Å². The Morgan fingerprint density at radius 1 is 1.18 bits per heavy atom. The molecule has 1 nitrogen and oxygen atoms in total. The van der Waals surface area contributed by atoms with Crippen molar-refractivity contribution in [3.63, 3.8) is 0 Å². The second-order valence-electron chi connectivity index (χ2n) is 4.96. The monoisotopic (exact) mass is 298 g/mol. The van der Waals surface area contributed by atoms with Crippen molar-refractivity contribution in [3.8, 4) is 0 Å². The van der Waals surface area contributed by atoms with Crippen LogP contribution in [0.4, 0.5) is 0 Å². The normalized spacial score (nSPS) is 13.0. The van der Waals surface area contributed by atoms with Crippen LogP contribution in [-0.4, -0.2) is 11.9 Å². The summed E-state index contributed by atoms with van der Waals surface area (Å²) >= 11 is 3.53. The van der Waals surface area contributed by atoms with Gasteiger partial charge in [-0.3, -0.25) is 0 Å². The van der Waals surface area contributed by atoms with Crippen LogP contribution < -0.4 is 0 Å². The van der Waals surface area contributed by atoms with Crippen LogP contribution in [0.5, 0.6) is 0 Å². The van der Waals surface area contributed by atoms with Crippen LogP contribution in [0.25, 0.3) is 0 Å². The van der Waals surface area contributed by atoms with E-state index in [0.29, 0.717) is 0 Å². The minimum atomic E-state index is 0.183. The Labute approximate surface area is 114 Å². The second kappa shape index (κ2) is 7.88. The number of aryl methyl sites for hydroxylation is 1. The van der Waals surface area contributed by atoms with E-state index in [1.807, 2.05) is 0 Å². The first-order valence-corrected chi connectivity index (χ1v) is 7.49. The van der Waals surface area contributed by atoms with Crippen molar-refractivity contribution < 1.29 is 4.74 Å². The van der Waals surface area contributed by atoms with E-state index >= 15 is 0 Å². The van der Waals surface area contributed by atoms with Gasteiger partial charge in [0.2, 0.25) is 0 Å². The Bertz CT molecular complexity index is 305. The summed E-state index contributed by atoms with van der Waals surface area (Å²) in [4.78, 5) is 0. The Kier molecular flexibility index (Phi) is 6.83. The second-order valence-corrected chi connectivity index (χ2v) is 5.61. The van der Waals surface area contributed by atoms with Gasteiger partial charge in [0.25, 0.3) is 0 Å². The summed E-state index contributed by atoms with van der Waals surface area (Å²) in [5, 5.41) is 0.859. The van der Waals surface area contributed by atoms with E-state index in [9.17, 15) is 0 Å². The van der Waals surface area contributed by atoms with Crippen molar-refractivity contribution in [2.24, 2.45) is 5.92 Å². The van der Waals surface area contributed by atoms with Crippen LogP contribution in [0.15, 0.2) is 24.3 Å². The van der Waals surface area contributed by atoms with Crippen molar-refractivity contribution in [1.29, 1.82) is 0 Å². The molecule has 1 atom stereocenters. The zero-order valence-corrected chi connectivity index (χ0v) is 12.7. The van der Waals surface area contributed by atoms with E-state index in [1.54, 1.807) is 0 Å². The number of halogens is 1. The molecular formula is C15H23BrO. The largest absolute Gasteiger partial charge is 0.373 e. The molecule has 96 valence electrons. The molecule has 0 aliphatic heterocycles. The quantitative estimate of drug-likeness (QED) is 0.515. The van der Waals surface area contributed by atoms with E-state index in [-0.39, 0.29) is 6.10 Å². The molecule has 0 fully saturated rings. The first-order chi connectivity index (χ1) is 8.13. The zero-order valence-electron chi connectivity index (χ0n) is 11.1. The maximum Gasteiger partial charge on any atom is 0.0921 e. The number of benzene rings is 1. The molecule has 0 heterocycles. The first kappa shape index (κ1) is 14.7. The zero-order chi connectivity index (χ0) is 12.7. The number of ether oxygens (including phenoxy) is 1. The van der Waals surface area contributed by atoms with Gasteiger partial charge in [-0.15, -0.1) is 0 Å². The summed E-state index contributed by atoms with van der Waals surface area (Å²) in [6.07, 6.45) is 2.57. The number of hydrogen-bond acceptors (Lipinski definition) is 1. The Hall–Kier alpha value is -0.340. The van der Waals surface area contributed by atoms with Crippen LogP contribution in [0.2, 0.25) is 0 Å². The first-order valence-electron chi connectivity index (χ1n) is 6.37. The lowest BCUT2D eigenvalue weighted by Crippen LogP contribution is -2.07. The van der Waals surface area contributed by atoms with Gasteiger partial charge in [0.1, 0.15) is 0 Å². The van der Waals surface area contributed by atoms with Gasteiger partial charge in [-0.25, -0.2) is 0 Å². The van der Waals surface area contributed by atoms with E-state index < -0.39 is 0 Å². The molecule has 0 N–H and O–H groups in total. The van der Waals surface area contributed by atoms with Crippen molar-refractivity contribution in [2.75, 3.05) is 11.9 Å². The molecule has 0 radical (unpaired) electrons. The average Bonchev–Trinajstić information content (AvgIpc) is 2.30. The molecule has 0 bridgehead atoms. The summed E-state index contributed by atoms with van der Waals surface area (Å²) in [5.74, 6) is 0.764. The minimum Gasteiger partial charge on any atom is -0.373 e. The summed E-state index contributed by atoms with van der Waals surface area (Å²) in [6, 6.07) is 8.60. The van der Waals surface area contributed by atoms with Gasteiger partial charge in [-0.1, -0.05) is 59.6 Å². The van der Waals surface area contributed by atoms with E-state index in [2.05, 4.69) is 61.0 Å². The molecule has 0 aliphatic carbocycles. The maximum absolute atomic E-state index is 5.92. The summed E-state index contributed by atoms with van der Waals surface area (Å²) in [5.41, 5.74) is 2.55. The fraction of sp³-hybridized carbons (Fsp3) is 0.600. The molecule has 1 unspecified atom stereocenters. The molecule has 1 aromatic rings. The Morgan fingerprint density at radius 3 is 2.35 bits per heavy atom. The molecule has 0 saturated carbocycles. The average molecular weight is 299 g/mol. The van der Waals surface area contributed by atoms with E-state index in [1.165, 1.54) is 17.5 Å². The highest BCUT2D eigenvalue weighted by Gasteiger charge is 2.09. The van der Waals surface area contributed by atoms with E-state index in [4.69, 9.17) is 4.74 Å². The van der Waals surface area contributed by atoms with Crippen molar-refractivity contribution >= 4 is 15.9 Å². The van der Waals surface area contributed by atoms with Gasteiger partial charge in [-0.05, 0) is 31.2 Å². The van der Waals surface area contributed by atoms with Crippen LogP contribution >= 0.6 is 15.9 Å². The fourth-order valence-corrected chi connectivity index (χ4v) is 2.29. The highest BCUT2D eigenvalue weighted by Crippen LogP contribution is 2.21. The predicted octanol–water partition coefficient (Wildman–Crippen LogP) is 4.88. The van der Waals surface area contributed by atoms with Gasteiger partial charge in [0.05, 0.1) is 6.10 Å². The van der Waals surface area contributed by atoms with Crippen LogP contribution in [-0.2, 0) is 4.74 Å². The number of hydrogen-bond donors (Lipinski definition) is 0. The SMILES string of the molecule is Cc1ccc(C(CBr)OCCCC(C)C)cc1. The fourth-order valence-electron chi connectivity index (χ4n) is 1.73. The maximum atomic E-state index is 5.92. The predicted molar refractivity (Wildman–Crippen MR) is 77.7 cm³/mol. The van der Waals surface area contributed by atoms with Crippen LogP contribution in [0.1, 0.15) is 43.9 Å². The molecule has 2 heteroatoms. The molecular weight excluding hydrogens is 276 g/mol. The smallest absolute Gasteiger partial charge is 0.0921 e. The lowest BCUT2D eigenvalue weighted by Gasteiger charge is -2.16. The summed E-state index contributed by atoms with van der Waals surface area (Å²) in [7, 11) is 0. The van der Waals surface area contributed by atoms with Gasteiger partial charge >= 0.3 is 0 Å². The van der Waals surface area contributed by atoms with E-state index in [0.717, 1.165) is 24.3 Å².